The number of rotatable bonds is 1. The van der Waals surface area contributed by atoms with Crippen LogP contribution < -0.4 is 10.2 Å². The quantitative estimate of drug-likeness (QED) is 0.448. The lowest BCUT2D eigenvalue weighted by atomic mass is 9.82. The van der Waals surface area contributed by atoms with Gasteiger partial charge < -0.3 is 4.74 Å². The number of ether oxygens (including phenoxy) is 1. The average Bonchev–Trinajstić information content (AvgIpc) is 2.42. The number of hydrogen-bond donors (Lipinski definition) is 0. The first kappa shape index (κ1) is 11.5. The lowest BCUT2D eigenvalue weighted by Crippen LogP contribution is -2.20. The van der Waals surface area contributed by atoms with Gasteiger partial charge in [-0.25, -0.2) is 0 Å². The highest BCUT2D eigenvalue weighted by Crippen LogP contribution is 2.45. The van der Waals surface area contributed by atoms with Gasteiger partial charge in [0.05, 0.1) is 11.5 Å². The predicted octanol–water partition coefficient (Wildman–Crippen LogP) is 1.82. The van der Waals surface area contributed by atoms with Gasteiger partial charge in [0.15, 0.2) is 0 Å². The van der Waals surface area contributed by atoms with Crippen molar-refractivity contribution in [2.75, 3.05) is 6.61 Å². The fourth-order valence-electron chi connectivity index (χ4n) is 1.80. The summed E-state index contributed by atoms with van der Waals surface area (Å²) in [5, 5.41) is 10.8. The van der Waals surface area contributed by atoms with Gasteiger partial charge in [-0.1, -0.05) is 19.9 Å². The molecule has 16 heavy (non-hydrogen) atoms. The Morgan fingerprint density at radius 3 is 2.81 bits per heavy atom. The molecule has 0 spiro atoms. The summed E-state index contributed by atoms with van der Waals surface area (Å²) >= 11 is 3.19. The zero-order valence-electron chi connectivity index (χ0n) is 8.91. The summed E-state index contributed by atoms with van der Waals surface area (Å²) in [6, 6.07) is 1.63. The second-order valence-corrected chi connectivity index (χ2v) is 5.23. The molecule has 0 aromatic heterocycles. The van der Waals surface area contributed by atoms with Gasteiger partial charge in [-0.3, -0.25) is 10.1 Å². The molecule has 0 atom stereocenters. The molecular formula is C10H9BBrNO3. The normalized spacial score (nSPS) is 16.7. The van der Waals surface area contributed by atoms with Crippen LogP contribution in [0.5, 0.6) is 5.75 Å². The van der Waals surface area contributed by atoms with Gasteiger partial charge in [0.1, 0.15) is 18.1 Å². The molecule has 0 unspecified atom stereocenters. The van der Waals surface area contributed by atoms with E-state index < -0.39 is 4.92 Å². The van der Waals surface area contributed by atoms with Crippen LogP contribution in [0, 0.1) is 10.1 Å². The third-order valence-corrected chi connectivity index (χ3v) is 3.45. The summed E-state index contributed by atoms with van der Waals surface area (Å²) in [5.74, 6) is 0.533. The van der Waals surface area contributed by atoms with Crippen LogP contribution >= 0.6 is 15.9 Å². The second kappa shape index (κ2) is 3.48. The maximum Gasteiger partial charge on any atom is 0.280 e. The van der Waals surface area contributed by atoms with E-state index in [4.69, 9.17) is 12.6 Å². The molecule has 1 aliphatic rings. The standard InChI is InChI=1S/C10H9BBrNO3/c1-10(2)4-16-9-5(10)3-6(11)8(7(9)12)13(14)15/h3H,4H2,1-2H3. The van der Waals surface area contributed by atoms with Crippen molar-refractivity contribution in [2.24, 2.45) is 0 Å². The third-order valence-electron chi connectivity index (χ3n) is 2.71. The molecule has 0 fully saturated rings. The van der Waals surface area contributed by atoms with Crippen LogP contribution in [0.3, 0.4) is 0 Å². The van der Waals surface area contributed by atoms with E-state index in [9.17, 15) is 10.1 Å². The molecule has 82 valence electrons. The Kier molecular flexibility index (Phi) is 2.49. The largest absolute Gasteiger partial charge is 0.491 e. The SMILES string of the molecule is [B]c1cc2c(c(Br)c1[N+](=O)[O-])OCC2(C)C. The number of nitro benzene ring substituents is 1. The first-order valence-electron chi connectivity index (χ1n) is 4.74. The molecule has 1 aromatic carbocycles. The molecule has 1 heterocycles. The number of nitrogens with zero attached hydrogens (tertiary/aromatic N) is 1. The number of halogens is 1. The summed E-state index contributed by atoms with van der Waals surface area (Å²) in [6.07, 6.45) is 0. The minimum atomic E-state index is -0.506. The van der Waals surface area contributed by atoms with Crippen LogP contribution in [0.1, 0.15) is 19.4 Å². The van der Waals surface area contributed by atoms with Gasteiger partial charge in [0.25, 0.3) is 5.69 Å². The molecule has 6 heteroatoms. The van der Waals surface area contributed by atoms with Gasteiger partial charge >= 0.3 is 0 Å². The van der Waals surface area contributed by atoms with Crippen LogP contribution in [-0.2, 0) is 5.41 Å². The van der Waals surface area contributed by atoms with E-state index in [2.05, 4.69) is 15.9 Å². The smallest absolute Gasteiger partial charge is 0.280 e. The Balaban J connectivity index is 2.72. The van der Waals surface area contributed by atoms with Gasteiger partial charge in [0, 0.05) is 11.0 Å². The summed E-state index contributed by atoms with van der Waals surface area (Å²) in [4.78, 5) is 10.3. The fraction of sp³-hybridized carbons (Fsp3) is 0.400. The second-order valence-electron chi connectivity index (χ2n) is 4.43. The minimum absolute atomic E-state index is 0.128. The molecule has 2 radical (unpaired) electrons. The van der Waals surface area contributed by atoms with Crippen molar-refractivity contribution < 1.29 is 9.66 Å². The molecule has 2 rings (SSSR count). The monoisotopic (exact) mass is 281 g/mol. The van der Waals surface area contributed by atoms with E-state index in [1.165, 1.54) is 0 Å². The maximum atomic E-state index is 10.8. The Labute approximate surface area is 103 Å². The van der Waals surface area contributed by atoms with Gasteiger partial charge in [0.2, 0.25) is 0 Å². The van der Waals surface area contributed by atoms with Crippen LogP contribution in [0.2, 0.25) is 0 Å². The molecule has 0 aliphatic carbocycles. The highest BCUT2D eigenvalue weighted by atomic mass is 79.9. The van der Waals surface area contributed by atoms with Gasteiger partial charge in [-0.15, -0.1) is 0 Å². The summed E-state index contributed by atoms with van der Waals surface area (Å²) in [5.41, 5.74) is 0.773. The van der Waals surface area contributed by atoms with Crippen molar-refractivity contribution in [1.29, 1.82) is 0 Å². The van der Waals surface area contributed by atoms with Crippen LogP contribution in [-0.4, -0.2) is 19.4 Å². The van der Waals surface area contributed by atoms with E-state index in [-0.39, 0.29) is 16.6 Å². The summed E-state index contributed by atoms with van der Waals surface area (Å²) in [7, 11) is 5.69. The van der Waals surface area contributed by atoms with Gasteiger partial charge in [-0.2, -0.15) is 0 Å². The van der Waals surface area contributed by atoms with Crippen molar-refractivity contribution >= 4 is 34.9 Å². The highest BCUT2D eigenvalue weighted by Gasteiger charge is 2.36. The van der Waals surface area contributed by atoms with Crippen molar-refractivity contribution in [3.05, 3.63) is 26.2 Å². The minimum Gasteiger partial charge on any atom is -0.491 e. The zero-order valence-corrected chi connectivity index (χ0v) is 10.5. The van der Waals surface area contributed by atoms with E-state index in [1.54, 1.807) is 6.07 Å². The van der Waals surface area contributed by atoms with Crippen LogP contribution in [0.4, 0.5) is 5.69 Å². The van der Waals surface area contributed by atoms with Gasteiger partial charge in [-0.05, 0) is 21.4 Å². The topological polar surface area (TPSA) is 52.4 Å². The Morgan fingerprint density at radius 2 is 2.25 bits per heavy atom. The van der Waals surface area contributed by atoms with Crippen molar-refractivity contribution in [1.82, 2.24) is 0 Å². The Morgan fingerprint density at radius 1 is 1.62 bits per heavy atom. The fourth-order valence-corrected chi connectivity index (χ4v) is 2.50. The molecule has 0 saturated heterocycles. The number of hydrogen-bond acceptors (Lipinski definition) is 3. The van der Waals surface area contributed by atoms with E-state index in [1.807, 2.05) is 13.8 Å². The molecule has 0 amide bonds. The Hall–Kier alpha value is -1.04. The van der Waals surface area contributed by atoms with E-state index in [0.29, 0.717) is 16.8 Å². The molecule has 0 saturated carbocycles. The third kappa shape index (κ3) is 1.52. The molecule has 4 nitrogen and oxygen atoms in total. The first-order valence-corrected chi connectivity index (χ1v) is 5.53. The summed E-state index contributed by atoms with van der Waals surface area (Å²) in [6.45, 7) is 4.52. The summed E-state index contributed by atoms with van der Waals surface area (Å²) < 4.78 is 5.82. The molecule has 1 aromatic rings. The number of benzene rings is 1. The highest BCUT2D eigenvalue weighted by molar-refractivity contribution is 9.10. The number of fused-ring (bicyclic) bond motifs is 1. The zero-order chi connectivity index (χ0) is 12.1. The number of nitro groups is 1. The first-order chi connectivity index (χ1) is 7.34. The molecular weight excluding hydrogens is 273 g/mol. The molecule has 1 aliphatic heterocycles. The molecule has 0 bridgehead atoms. The lowest BCUT2D eigenvalue weighted by molar-refractivity contribution is -0.384. The van der Waals surface area contributed by atoms with Crippen molar-refractivity contribution in [3.63, 3.8) is 0 Å². The maximum absolute atomic E-state index is 10.8. The molecule has 0 N–H and O–H groups in total. The lowest BCUT2D eigenvalue weighted by Gasteiger charge is -2.15. The van der Waals surface area contributed by atoms with Crippen molar-refractivity contribution in [3.8, 4) is 5.75 Å². The average molecular weight is 282 g/mol. The van der Waals surface area contributed by atoms with E-state index in [0.717, 1.165) is 5.56 Å². The van der Waals surface area contributed by atoms with E-state index >= 15 is 0 Å². The predicted molar refractivity (Wildman–Crippen MR) is 64.7 cm³/mol. The van der Waals surface area contributed by atoms with Crippen LogP contribution in [0.15, 0.2) is 10.5 Å². The van der Waals surface area contributed by atoms with Crippen molar-refractivity contribution in [2.45, 2.75) is 19.3 Å². The Bertz CT molecular complexity index is 487. The van der Waals surface area contributed by atoms with Crippen LogP contribution in [0.25, 0.3) is 0 Å².